The summed E-state index contributed by atoms with van der Waals surface area (Å²) in [7, 11) is 0. The predicted octanol–water partition coefficient (Wildman–Crippen LogP) is 4.07. The van der Waals surface area contributed by atoms with Gasteiger partial charge in [-0.05, 0) is 42.8 Å². The number of nitrogens with zero attached hydrogens (tertiary/aromatic N) is 1. The summed E-state index contributed by atoms with van der Waals surface area (Å²) in [5, 5.41) is 20.4. The van der Waals surface area contributed by atoms with Gasteiger partial charge in [0.25, 0.3) is 5.91 Å². The van der Waals surface area contributed by atoms with Crippen molar-refractivity contribution in [3.63, 3.8) is 0 Å². The highest BCUT2D eigenvalue weighted by molar-refractivity contribution is 6.33. The number of alkyl halides is 3. The molecule has 0 aromatic heterocycles. The number of nitrogens with two attached hydrogens (primary N) is 1. The number of anilines is 1. The van der Waals surface area contributed by atoms with E-state index >= 15 is 0 Å². The van der Waals surface area contributed by atoms with Crippen LogP contribution in [-0.4, -0.2) is 40.6 Å². The van der Waals surface area contributed by atoms with Crippen LogP contribution in [0.1, 0.15) is 22.8 Å². The fourth-order valence-electron chi connectivity index (χ4n) is 2.35. The molecule has 0 spiro atoms. The van der Waals surface area contributed by atoms with E-state index in [1.54, 1.807) is 31.2 Å². The molecule has 2 aromatic carbocycles. The Kier molecular flexibility index (Phi) is 7.60. The molecule has 5 N–H and O–H groups in total. The number of hydrogen-bond acceptors (Lipinski definition) is 5. The van der Waals surface area contributed by atoms with E-state index in [1.807, 2.05) is 0 Å². The van der Waals surface area contributed by atoms with Gasteiger partial charge in [0, 0.05) is 11.3 Å². The van der Waals surface area contributed by atoms with Crippen LogP contribution in [0.15, 0.2) is 54.6 Å². The van der Waals surface area contributed by atoms with Crippen LogP contribution in [0.4, 0.5) is 18.9 Å². The third kappa shape index (κ3) is 5.82. The molecule has 0 aliphatic heterocycles. The Bertz CT molecular complexity index is 946. The van der Waals surface area contributed by atoms with Gasteiger partial charge in [0.15, 0.2) is 0 Å². The molecule has 6 nitrogen and oxygen atoms in total. The molecule has 1 atom stereocenters. The highest BCUT2D eigenvalue weighted by Gasteiger charge is 2.33. The second-order valence-electron chi connectivity index (χ2n) is 6.40. The Balaban J connectivity index is 2.39. The lowest BCUT2D eigenvalue weighted by molar-refractivity contribution is -0.0583. The van der Waals surface area contributed by atoms with Crippen LogP contribution in [0, 0.1) is 5.41 Å². The molecule has 2 aromatic rings. The summed E-state index contributed by atoms with van der Waals surface area (Å²) in [5.74, 6) is 5.11. The second-order valence-corrected chi connectivity index (χ2v) is 6.80. The zero-order valence-electron chi connectivity index (χ0n) is 15.9. The SMILES string of the molecule is CC(CO)N(N)C(=O)c1ccc(/C(=C/C(=N)C(F)(F)F)Nc2ccccc2Cl)cc1. The smallest absolute Gasteiger partial charge is 0.394 e. The Morgan fingerprint density at radius 2 is 1.80 bits per heavy atom. The number of aliphatic hydroxyl groups excluding tert-OH is 1. The van der Waals surface area contributed by atoms with Crippen molar-refractivity contribution in [2.75, 3.05) is 11.9 Å². The average molecular weight is 441 g/mol. The second kappa shape index (κ2) is 9.75. The van der Waals surface area contributed by atoms with Gasteiger partial charge in [-0.25, -0.2) is 5.84 Å². The lowest BCUT2D eigenvalue weighted by Gasteiger charge is -2.22. The van der Waals surface area contributed by atoms with Crippen molar-refractivity contribution in [3.05, 3.63) is 70.8 Å². The Morgan fingerprint density at radius 3 is 2.33 bits per heavy atom. The first kappa shape index (κ1) is 23.4. The third-order valence-corrected chi connectivity index (χ3v) is 4.48. The maximum atomic E-state index is 12.9. The maximum Gasteiger partial charge on any atom is 0.432 e. The third-order valence-electron chi connectivity index (χ3n) is 4.15. The van der Waals surface area contributed by atoms with E-state index in [9.17, 15) is 18.0 Å². The van der Waals surface area contributed by atoms with Gasteiger partial charge in [-0.2, -0.15) is 13.2 Å². The van der Waals surface area contributed by atoms with Crippen molar-refractivity contribution >= 4 is 34.6 Å². The molecule has 0 bridgehead atoms. The quantitative estimate of drug-likeness (QED) is 0.225. The normalized spacial score (nSPS) is 13.0. The van der Waals surface area contributed by atoms with E-state index in [0.717, 1.165) is 5.01 Å². The van der Waals surface area contributed by atoms with Crippen molar-refractivity contribution < 1.29 is 23.1 Å². The van der Waals surface area contributed by atoms with Crippen molar-refractivity contribution in [3.8, 4) is 0 Å². The van der Waals surface area contributed by atoms with Crippen LogP contribution in [-0.2, 0) is 0 Å². The summed E-state index contributed by atoms with van der Waals surface area (Å²) >= 11 is 6.08. The number of hydrogen-bond donors (Lipinski definition) is 4. The molecule has 2 rings (SSSR count). The molecule has 1 amide bonds. The molecule has 30 heavy (non-hydrogen) atoms. The minimum atomic E-state index is -4.83. The molecule has 10 heteroatoms. The number of aliphatic hydroxyl groups is 1. The molecule has 0 fully saturated rings. The monoisotopic (exact) mass is 440 g/mol. The van der Waals surface area contributed by atoms with Gasteiger partial charge in [0.05, 0.1) is 23.4 Å². The predicted molar refractivity (Wildman–Crippen MR) is 110 cm³/mol. The first-order chi connectivity index (χ1) is 14.0. The number of hydrazine groups is 1. The highest BCUT2D eigenvalue weighted by atomic mass is 35.5. The van der Waals surface area contributed by atoms with Gasteiger partial charge in [-0.3, -0.25) is 15.2 Å². The van der Waals surface area contributed by atoms with Crippen LogP contribution >= 0.6 is 11.6 Å². The molecule has 0 aliphatic rings. The number of benzene rings is 2. The molecule has 0 saturated heterocycles. The topological polar surface area (TPSA) is 102 Å². The van der Waals surface area contributed by atoms with Crippen LogP contribution in [0.3, 0.4) is 0 Å². The molecule has 1 unspecified atom stereocenters. The number of allylic oxidation sites excluding steroid dienone is 1. The fraction of sp³-hybridized carbons (Fsp3) is 0.200. The van der Waals surface area contributed by atoms with Crippen LogP contribution in [0.2, 0.25) is 5.02 Å². The molecule has 0 saturated carbocycles. The zero-order chi connectivity index (χ0) is 22.5. The summed E-state index contributed by atoms with van der Waals surface area (Å²) in [6.45, 7) is 1.23. The van der Waals surface area contributed by atoms with Crippen LogP contribution < -0.4 is 11.2 Å². The van der Waals surface area contributed by atoms with Crippen molar-refractivity contribution in [2.45, 2.75) is 19.1 Å². The molecule has 160 valence electrons. The molecular formula is C20H20ClF3N4O2. The number of nitrogens with one attached hydrogen (secondary N) is 2. The average Bonchev–Trinajstić information content (AvgIpc) is 2.72. The molecular weight excluding hydrogens is 421 g/mol. The number of carbonyl (C=O) groups is 1. The fourth-order valence-corrected chi connectivity index (χ4v) is 2.54. The zero-order valence-corrected chi connectivity index (χ0v) is 16.6. The van der Waals surface area contributed by atoms with E-state index in [2.05, 4.69) is 5.32 Å². The van der Waals surface area contributed by atoms with Crippen LogP contribution in [0.5, 0.6) is 0 Å². The molecule has 0 heterocycles. The number of carbonyl (C=O) groups excluding carboxylic acids is 1. The van der Waals surface area contributed by atoms with E-state index in [1.165, 1.54) is 24.3 Å². The van der Waals surface area contributed by atoms with E-state index < -0.39 is 23.8 Å². The Morgan fingerprint density at radius 1 is 1.23 bits per heavy atom. The first-order valence-electron chi connectivity index (χ1n) is 8.73. The molecule has 0 aliphatic carbocycles. The minimum Gasteiger partial charge on any atom is -0.394 e. The number of rotatable bonds is 7. The van der Waals surface area contributed by atoms with Gasteiger partial charge in [-0.1, -0.05) is 35.9 Å². The van der Waals surface area contributed by atoms with Crippen LogP contribution in [0.25, 0.3) is 5.70 Å². The van der Waals surface area contributed by atoms with Crippen molar-refractivity contribution in [1.82, 2.24) is 5.01 Å². The van der Waals surface area contributed by atoms with E-state index in [0.29, 0.717) is 17.3 Å². The number of para-hydroxylation sites is 1. The largest absolute Gasteiger partial charge is 0.432 e. The molecule has 0 radical (unpaired) electrons. The van der Waals surface area contributed by atoms with E-state index in [4.69, 9.17) is 28.0 Å². The maximum absolute atomic E-state index is 12.9. The Hall–Kier alpha value is -2.88. The van der Waals surface area contributed by atoms with Crippen molar-refractivity contribution in [2.24, 2.45) is 5.84 Å². The summed E-state index contributed by atoms with van der Waals surface area (Å²) in [5.41, 5.74) is -0.755. The summed E-state index contributed by atoms with van der Waals surface area (Å²) in [6, 6.07) is 11.5. The summed E-state index contributed by atoms with van der Waals surface area (Å²) in [4.78, 5) is 12.3. The summed E-state index contributed by atoms with van der Waals surface area (Å²) < 4.78 is 38.7. The lowest BCUT2D eigenvalue weighted by Crippen LogP contribution is -2.45. The number of amides is 1. The van der Waals surface area contributed by atoms with Gasteiger partial charge >= 0.3 is 6.18 Å². The van der Waals surface area contributed by atoms with Gasteiger partial charge in [0.2, 0.25) is 0 Å². The van der Waals surface area contributed by atoms with Crippen molar-refractivity contribution in [1.29, 1.82) is 5.41 Å². The number of halogens is 4. The standard InChI is InChI=1S/C20H20ClF3N4O2/c1-12(11-29)28(26)19(30)14-8-6-13(7-9-14)17(10-18(25)20(22,23)24)27-16-5-3-2-4-15(16)21/h2-10,12,25,27,29H,11,26H2,1H3/b17-10-,25-18?. The van der Waals surface area contributed by atoms with Gasteiger partial charge < -0.3 is 10.4 Å². The first-order valence-corrected chi connectivity index (χ1v) is 9.11. The van der Waals surface area contributed by atoms with E-state index in [-0.39, 0.29) is 22.9 Å². The lowest BCUT2D eigenvalue weighted by atomic mass is 10.1. The summed E-state index contributed by atoms with van der Waals surface area (Å²) in [6.07, 6.45) is -4.19. The minimum absolute atomic E-state index is 0.0299. The van der Waals surface area contributed by atoms with Gasteiger partial charge in [-0.15, -0.1) is 0 Å². The Labute approximate surface area is 176 Å². The van der Waals surface area contributed by atoms with Gasteiger partial charge in [0.1, 0.15) is 5.71 Å². The highest BCUT2D eigenvalue weighted by Crippen LogP contribution is 2.27.